The summed E-state index contributed by atoms with van der Waals surface area (Å²) in [5.41, 5.74) is 0.608. The van der Waals surface area contributed by atoms with Crippen LogP contribution in [0.1, 0.15) is 55.8 Å². The van der Waals surface area contributed by atoms with Gasteiger partial charge in [0, 0.05) is 6.54 Å². The first-order valence-corrected chi connectivity index (χ1v) is 7.55. The molecule has 0 amide bonds. The molecule has 0 radical (unpaired) electrons. The van der Waals surface area contributed by atoms with Crippen molar-refractivity contribution in [2.75, 3.05) is 13.2 Å². The molecule has 3 nitrogen and oxygen atoms in total. The van der Waals surface area contributed by atoms with Gasteiger partial charge in [-0.15, -0.1) is 0 Å². The van der Waals surface area contributed by atoms with Crippen molar-refractivity contribution in [2.45, 2.75) is 45.4 Å². The Morgan fingerprint density at radius 2 is 1.95 bits per heavy atom. The lowest BCUT2D eigenvalue weighted by molar-refractivity contribution is 0.0502. The number of hydrogen-bond donors (Lipinski definition) is 0. The van der Waals surface area contributed by atoms with Crippen LogP contribution >= 0.6 is 0 Å². The van der Waals surface area contributed by atoms with Crippen molar-refractivity contribution in [3.63, 3.8) is 0 Å². The van der Waals surface area contributed by atoms with E-state index >= 15 is 0 Å². The van der Waals surface area contributed by atoms with E-state index in [1.807, 2.05) is 24.4 Å². The predicted molar refractivity (Wildman–Crippen MR) is 83.5 cm³/mol. The van der Waals surface area contributed by atoms with E-state index < -0.39 is 0 Å². The molecule has 110 valence electrons. The molecule has 20 heavy (non-hydrogen) atoms. The fraction of sp³-hybridized carbons (Fsp3) is 0.529. The lowest BCUT2D eigenvalue weighted by atomic mass is 10.2. The van der Waals surface area contributed by atoms with E-state index in [9.17, 15) is 4.79 Å². The van der Waals surface area contributed by atoms with Gasteiger partial charge < -0.3 is 4.74 Å². The molecule has 0 unspecified atom stereocenters. The Morgan fingerprint density at radius 1 is 1.15 bits per heavy atom. The highest BCUT2D eigenvalue weighted by atomic mass is 16.5. The Morgan fingerprint density at radius 3 is 2.70 bits per heavy atom. The van der Waals surface area contributed by atoms with E-state index in [1.54, 1.807) is 12.1 Å². The molecule has 0 aromatic heterocycles. The summed E-state index contributed by atoms with van der Waals surface area (Å²) in [5.74, 6) is -0.248. The maximum atomic E-state index is 11.6. The number of esters is 1. The molecule has 0 aliphatic heterocycles. The predicted octanol–water partition coefficient (Wildman–Crippen LogP) is 4.27. The molecule has 0 saturated carbocycles. The number of ether oxygens (including phenoxy) is 1. The van der Waals surface area contributed by atoms with Crippen LogP contribution < -0.4 is 0 Å². The molecule has 0 N–H and O–H groups in total. The van der Waals surface area contributed by atoms with Crippen LogP contribution in [0.3, 0.4) is 0 Å². The van der Waals surface area contributed by atoms with Gasteiger partial charge >= 0.3 is 5.97 Å². The highest BCUT2D eigenvalue weighted by Crippen LogP contribution is 2.02. The minimum atomic E-state index is -0.248. The van der Waals surface area contributed by atoms with Crippen molar-refractivity contribution >= 4 is 12.2 Å². The van der Waals surface area contributed by atoms with E-state index in [-0.39, 0.29) is 5.97 Å². The van der Waals surface area contributed by atoms with E-state index in [0.29, 0.717) is 12.2 Å². The van der Waals surface area contributed by atoms with Crippen molar-refractivity contribution in [1.82, 2.24) is 0 Å². The van der Waals surface area contributed by atoms with E-state index in [4.69, 9.17) is 4.74 Å². The third kappa shape index (κ3) is 7.72. The van der Waals surface area contributed by atoms with Gasteiger partial charge in [0.15, 0.2) is 0 Å². The van der Waals surface area contributed by atoms with Gasteiger partial charge in [0.25, 0.3) is 0 Å². The first-order chi connectivity index (χ1) is 9.84. The fourth-order valence-corrected chi connectivity index (χ4v) is 1.81. The molecular weight excluding hydrogens is 250 g/mol. The van der Waals surface area contributed by atoms with E-state index in [1.165, 1.54) is 25.7 Å². The number of carbonyl (C=O) groups excluding carboxylic acids is 1. The average Bonchev–Trinajstić information content (AvgIpc) is 2.50. The summed E-state index contributed by atoms with van der Waals surface area (Å²) < 4.78 is 5.19. The monoisotopic (exact) mass is 275 g/mol. The van der Waals surface area contributed by atoms with Crippen molar-refractivity contribution in [1.29, 1.82) is 0 Å². The van der Waals surface area contributed by atoms with Gasteiger partial charge in [-0.25, -0.2) is 4.79 Å². The van der Waals surface area contributed by atoms with Gasteiger partial charge in [-0.05, 0) is 37.6 Å². The Balaban J connectivity index is 1.99. The summed E-state index contributed by atoms with van der Waals surface area (Å²) in [6, 6.07) is 9.08. The van der Waals surface area contributed by atoms with Crippen LogP contribution in [0.2, 0.25) is 0 Å². The lowest BCUT2D eigenvalue weighted by Crippen LogP contribution is -2.06. The summed E-state index contributed by atoms with van der Waals surface area (Å²) in [7, 11) is 0. The molecule has 0 heterocycles. The Bertz CT molecular complexity index is 387. The van der Waals surface area contributed by atoms with Crippen LogP contribution in [0, 0.1) is 0 Å². The summed E-state index contributed by atoms with van der Waals surface area (Å²) in [6.45, 7) is 3.58. The molecule has 0 aliphatic rings. The molecule has 0 aliphatic carbocycles. The fourth-order valence-electron chi connectivity index (χ4n) is 1.81. The van der Waals surface area contributed by atoms with E-state index in [2.05, 4.69) is 11.9 Å². The highest BCUT2D eigenvalue weighted by molar-refractivity contribution is 5.89. The smallest absolute Gasteiger partial charge is 0.338 e. The zero-order valence-corrected chi connectivity index (χ0v) is 12.4. The molecule has 1 rings (SSSR count). The first-order valence-electron chi connectivity index (χ1n) is 7.55. The summed E-state index contributed by atoms with van der Waals surface area (Å²) in [6.07, 6.45) is 8.65. The minimum absolute atomic E-state index is 0.248. The Hall–Kier alpha value is -1.64. The van der Waals surface area contributed by atoms with Crippen LogP contribution in [-0.2, 0) is 4.74 Å². The summed E-state index contributed by atoms with van der Waals surface area (Å²) in [4.78, 5) is 16.0. The van der Waals surface area contributed by atoms with Crippen molar-refractivity contribution in [2.24, 2.45) is 4.99 Å². The van der Waals surface area contributed by atoms with Gasteiger partial charge in [-0.2, -0.15) is 0 Å². The van der Waals surface area contributed by atoms with Gasteiger partial charge in [0.1, 0.15) is 0 Å². The minimum Gasteiger partial charge on any atom is -0.462 e. The number of carbonyl (C=O) groups is 1. The van der Waals surface area contributed by atoms with Gasteiger partial charge in [-0.1, -0.05) is 44.4 Å². The SMILES string of the molecule is CCCCCCN=CCCCOC(=O)c1ccccc1. The van der Waals surface area contributed by atoms with Crippen LogP contribution in [0.4, 0.5) is 0 Å². The maximum Gasteiger partial charge on any atom is 0.338 e. The third-order valence-electron chi connectivity index (χ3n) is 2.99. The van der Waals surface area contributed by atoms with Gasteiger partial charge in [0.05, 0.1) is 12.2 Å². The first kappa shape index (κ1) is 16.4. The molecule has 0 spiro atoms. The molecule has 3 heteroatoms. The normalized spacial score (nSPS) is 10.8. The van der Waals surface area contributed by atoms with Crippen LogP contribution in [-0.4, -0.2) is 25.3 Å². The third-order valence-corrected chi connectivity index (χ3v) is 2.99. The van der Waals surface area contributed by atoms with E-state index in [0.717, 1.165) is 19.4 Å². The average molecular weight is 275 g/mol. The summed E-state index contributed by atoms with van der Waals surface area (Å²) >= 11 is 0. The largest absolute Gasteiger partial charge is 0.462 e. The molecule has 0 bridgehead atoms. The molecule has 0 atom stereocenters. The molecule has 1 aromatic rings. The van der Waals surface area contributed by atoms with Crippen molar-refractivity contribution < 1.29 is 9.53 Å². The molecular formula is C17H25NO2. The lowest BCUT2D eigenvalue weighted by Gasteiger charge is -2.03. The highest BCUT2D eigenvalue weighted by Gasteiger charge is 2.04. The number of benzene rings is 1. The maximum absolute atomic E-state index is 11.6. The zero-order valence-electron chi connectivity index (χ0n) is 12.4. The molecule has 0 saturated heterocycles. The Kier molecular flexibility index (Phi) is 9.20. The van der Waals surface area contributed by atoms with Crippen molar-refractivity contribution in [3.05, 3.63) is 35.9 Å². The number of nitrogens with zero attached hydrogens (tertiary/aromatic N) is 1. The van der Waals surface area contributed by atoms with Crippen LogP contribution in [0.25, 0.3) is 0 Å². The topological polar surface area (TPSA) is 38.7 Å². The van der Waals surface area contributed by atoms with Gasteiger partial charge in [0.2, 0.25) is 0 Å². The second-order valence-corrected chi connectivity index (χ2v) is 4.79. The second kappa shape index (κ2) is 11.2. The number of hydrogen-bond acceptors (Lipinski definition) is 3. The van der Waals surface area contributed by atoms with Crippen molar-refractivity contribution in [3.8, 4) is 0 Å². The zero-order chi connectivity index (χ0) is 14.5. The number of aliphatic imine (C=N–C) groups is 1. The molecule has 1 aromatic carbocycles. The Labute approximate surface area is 122 Å². The van der Waals surface area contributed by atoms with Gasteiger partial charge in [-0.3, -0.25) is 4.99 Å². The second-order valence-electron chi connectivity index (χ2n) is 4.79. The summed E-state index contributed by atoms with van der Waals surface area (Å²) in [5, 5.41) is 0. The quantitative estimate of drug-likeness (QED) is 0.363. The standard InChI is InChI=1S/C17H25NO2/c1-2-3-4-8-13-18-14-9-10-15-20-17(19)16-11-6-5-7-12-16/h5-7,11-12,14H,2-4,8-10,13,15H2,1H3. The number of unbranched alkanes of at least 4 members (excludes halogenated alkanes) is 4. The number of rotatable bonds is 10. The van der Waals surface area contributed by atoms with Crippen LogP contribution in [0.15, 0.2) is 35.3 Å². The molecule has 0 fully saturated rings. The van der Waals surface area contributed by atoms with Crippen LogP contribution in [0.5, 0.6) is 0 Å².